The number of carbonyl (C=O) groups is 1. The third-order valence-corrected chi connectivity index (χ3v) is 5.76. The molecule has 0 aromatic heterocycles. The van der Waals surface area contributed by atoms with Crippen molar-refractivity contribution in [3.05, 3.63) is 29.3 Å². The minimum Gasteiger partial charge on any atom is -0.351 e. The van der Waals surface area contributed by atoms with Gasteiger partial charge in [-0.1, -0.05) is 25.3 Å². The predicted molar refractivity (Wildman–Crippen MR) is 90.7 cm³/mol. The molecule has 1 aromatic rings. The van der Waals surface area contributed by atoms with Gasteiger partial charge < -0.3 is 10.7 Å². The number of rotatable bonds is 5. The number of anilines is 1. The number of nitrogens with two attached hydrogens (primary N) is 1. The highest BCUT2D eigenvalue weighted by atomic mass is 32.2. The van der Waals surface area contributed by atoms with Crippen LogP contribution in [0.3, 0.4) is 0 Å². The van der Waals surface area contributed by atoms with Crippen LogP contribution in [0.4, 0.5) is 5.69 Å². The minimum atomic E-state index is -0.0538. The number of thioether (sulfide) groups is 1. The van der Waals surface area contributed by atoms with Gasteiger partial charge >= 0.3 is 0 Å². The van der Waals surface area contributed by atoms with Gasteiger partial charge in [0, 0.05) is 11.3 Å². The van der Waals surface area contributed by atoms with Crippen LogP contribution in [0.1, 0.15) is 48.0 Å². The SMILES string of the molecule is CSC1(CNC(=O)c2ccc(C)cc2NN)CCCCC1. The molecule has 0 unspecified atom stereocenters. The van der Waals surface area contributed by atoms with E-state index < -0.39 is 0 Å². The normalized spacial score (nSPS) is 17.3. The summed E-state index contributed by atoms with van der Waals surface area (Å²) >= 11 is 1.89. The smallest absolute Gasteiger partial charge is 0.253 e. The largest absolute Gasteiger partial charge is 0.351 e. The quantitative estimate of drug-likeness (QED) is 0.578. The van der Waals surface area contributed by atoms with Gasteiger partial charge in [0.15, 0.2) is 0 Å². The molecule has 1 saturated carbocycles. The third kappa shape index (κ3) is 3.92. The molecule has 1 aromatic carbocycles. The van der Waals surface area contributed by atoms with Gasteiger partial charge in [0.25, 0.3) is 5.91 Å². The molecule has 21 heavy (non-hydrogen) atoms. The lowest BCUT2D eigenvalue weighted by Gasteiger charge is -2.35. The van der Waals surface area contributed by atoms with Gasteiger partial charge in [-0.05, 0) is 43.7 Å². The van der Waals surface area contributed by atoms with E-state index in [1.54, 1.807) is 0 Å². The number of nitrogen functional groups attached to an aromatic ring is 1. The molecule has 1 amide bonds. The monoisotopic (exact) mass is 307 g/mol. The number of amides is 1. The van der Waals surface area contributed by atoms with Crippen molar-refractivity contribution in [1.82, 2.24) is 5.32 Å². The van der Waals surface area contributed by atoms with Crippen molar-refractivity contribution in [3.63, 3.8) is 0 Å². The maximum Gasteiger partial charge on any atom is 0.253 e. The van der Waals surface area contributed by atoms with Crippen molar-refractivity contribution in [2.45, 2.75) is 43.8 Å². The number of nitrogens with one attached hydrogen (secondary N) is 2. The molecule has 0 saturated heterocycles. The first-order valence-electron chi connectivity index (χ1n) is 7.51. The van der Waals surface area contributed by atoms with Crippen molar-refractivity contribution in [2.24, 2.45) is 5.84 Å². The Morgan fingerprint density at radius 2 is 2.05 bits per heavy atom. The minimum absolute atomic E-state index is 0.0538. The molecule has 0 heterocycles. The molecule has 116 valence electrons. The highest BCUT2D eigenvalue weighted by Crippen LogP contribution is 2.38. The molecule has 0 radical (unpaired) electrons. The Balaban J connectivity index is 2.04. The number of benzene rings is 1. The van der Waals surface area contributed by atoms with Gasteiger partial charge in [-0.3, -0.25) is 10.6 Å². The molecule has 0 aliphatic heterocycles. The first kappa shape index (κ1) is 16.2. The second-order valence-corrected chi connectivity index (χ2v) is 7.10. The van der Waals surface area contributed by atoms with Crippen LogP contribution in [0, 0.1) is 6.92 Å². The van der Waals surface area contributed by atoms with Crippen molar-refractivity contribution >= 4 is 23.4 Å². The summed E-state index contributed by atoms with van der Waals surface area (Å²) in [6, 6.07) is 5.65. The zero-order valence-corrected chi connectivity index (χ0v) is 13.7. The van der Waals surface area contributed by atoms with Crippen LogP contribution < -0.4 is 16.6 Å². The summed E-state index contributed by atoms with van der Waals surface area (Å²) in [5, 5.41) is 3.10. The van der Waals surface area contributed by atoms with Gasteiger partial charge in [0.1, 0.15) is 0 Å². The van der Waals surface area contributed by atoms with E-state index >= 15 is 0 Å². The summed E-state index contributed by atoms with van der Waals surface area (Å²) in [6.07, 6.45) is 8.36. The van der Waals surface area contributed by atoms with Crippen molar-refractivity contribution < 1.29 is 4.79 Å². The van der Waals surface area contributed by atoms with Crippen molar-refractivity contribution in [3.8, 4) is 0 Å². The number of hydrogen-bond donors (Lipinski definition) is 3. The van der Waals surface area contributed by atoms with Crippen LogP contribution in [0.5, 0.6) is 0 Å². The first-order chi connectivity index (χ1) is 10.1. The summed E-state index contributed by atoms with van der Waals surface area (Å²) in [7, 11) is 0. The Bertz CT molecular complexity index is 498. The fourth-order valence-electron chi connectivity index (χ4n) is 2.96. The van der Waals surface area contributed by atoms with Crippen LogP contribution in [-0.2, 0) is 0 Å². The van der Waals surface area contributed by atoms with Crippen LogP contribution in [0.25, 0.3) is 0 Å². The summed E-state index contributed by atoms with van der Waals surface area (Å²) in [5.41, 5.74) is 4.97. The van der Waals surface area contributed by atoms with E-state index in [-0.39, 0.29) is 10.7 Å². The van der Waals surface area contributed by atoms with E-state index in [0.717, 1.165) is 12.1 Å². The maximum absolute atomic E-state index is 12.4. The molecule has 2 rings (SSSR count). The number of carbonyl (C=O) groups excluding carboxylic acids is 1. The zero-order chi connectivity index (χ0) is 15.3. The lowest BCUT2D eigenvalue weighted by atomic mass is 9.88. The Morgan fingerprint density at radius 3 is 2.67 bits per heavy atom. The summed E-state index contributed by atoms with van der Waals surface area (Å²) in [6.45, 7) is 2.71. The standard InChI is InChI=1S/C16H25N3OS/c1-12-6-7-13(14(10-12)19-17)15(20)18-11-16(21-2)8-4-3-5-9-16/h6-7,10,19H,3-5,8-9,11,17H2,1-2H3,(H,18,20). The van der Waals surface area contributed by atoms with Crippen molar-refractivity contribution in [2.75, 3.05) is 18.2 Å². The number of hydrogen-bond acceptors (Lipinski definition) is 4. The van der Waals surface area contributed by atoms with Gasteiger partial charge in [0.05, 0.1) is 11.3 Å². The van der Waals surface area contributed by atoms with Gasteiger partial charge in [-0.25, -0.2) is 0 Å². The Hall–Kier alpha value is -1.20. The molecular formula is C16H25N3OS. The molecule has 1 aliphatic carbocycles. The van der Waals surface area contributed by atoms with Crippen LogP contribution in [0.15, 0.2) is 18.2 Å². The summed E-state index contributed by atoms with van der Waals surface area (Å²) in [4.78, 5) is 12.4. The van der Waals surface area contributed by atoms with E-state index in [9.17, 15) is 4.79 Å². The molecule has 0 atom stereocenters. The van der Waals surface area contributed by atoms with Crippen molar-refractivity contribution in [1.29, 1.82) is 0 Å². The number of hydrazine groups is 1. The molecule has 4 nitrogen and oxygen atoms in total. The average Bonchev–Trinajstić information content (AvgIpc) is 2.53. The van der Waals surface area contributed by atoms with Crippen LogP contribution in [0.2, 0.25) is 0 Å². The predicted octanol–water partition coefficient (Wildman–Crippen LogP) is 3.08. The topological polar surface area (TPSA) is 67.2 Å². The molecule has 0 bridgehead atoms. The highest BCUT2D eigenvalue weighted by Gasteiger charge is 2.31. The Kier molecular flexibility index (Phi) is 5.53. The van der Waals surface area contributed by atoms with E-state index in [1.807, 2.05) is 36.9 Å². The molecule has 5 heteroatoms. The van der Waals surface area contributed by atoms with Gasteiger partial charge in [-0.15, -0.1) is 0 Å². The molecular weight excluding hydrogens is 282 g/mol. The third-order valence-electron chi connectivity index (χ3n) is 4.34. The summed E-state index contributed by atoms with van der Waals surface area (Å²) < 4.78 is 0.203. The van der Waals surface area contributed by atoms with E-state index in [0.29, 0.717) is 11.3 Å². The average molecular weight is 307 g/mol. The fourth-order valence-corrected chi connectivity index (χ4v) is 3.87. The van der Waals surface area contributed by atoms with Gasteiger partial charge in [0.2, 0.25) is 0 Å². The van der Waals surface area contributed by atoms with E-state index in [4.69, 9.17) is 5.84 Å². The lowest BCUT2D eigenvalue weighted by molar-refractivity contribution is 0.0947. The second kappa shape index (κ2) is 7.18. The first-order valence-corrected chi connectivity index (χ1v) is 8.73. The van der Waals surface area contributed by atoms with E-state index in [1.165, 1.54) is 32.1 Å². The molecule has 0 spiro atoms. The molecule has 4 N–H and O–H groups in total. The van der Waals surface area contributed by atoms with Crippen LogP contribution in [-0.4, -0.2) is 23.5 Å². The Morgan fingerprint density at radius 1 is 1.33 bits per heavy atom. The second-order valence-electron chi connectivity index (χ2n) is 5.82. The number of aryl methyl sites for hydroxylation is 1. The fraction of sp³-hybridized carbons (Fsp3) is 0.562. The zero-order valence-electron chi connectivity index (χ0n) is 12.9. The molecule has 1 fully saturated rings. The molecule has 1 aliphatic rings. The van der Waals surface area contributed by atoms with Crippen LogP contribution >= 0.6 is 11.8 Å². The Labute approximate surface area is 131 Å². The highest BCUT2D eigenvalue weighted by molar-refractivity contribution is 8.00. The van der Waals surface area contributed by atoms with Gasteiger partial charge in [-0.2, -0.15) is 11.8 Å². The summed E-state index contributed by atoms with van der Waals surface area (Å²) in [5.74, 6) is 5.46. The lowest BCUT2D eigenvalue weighted by Crippen LogP contribution is -2.42. The van der Waals surface area contributed by atoms with E-state index in [2.05, 4.69) is 17.0 Å². The maximum atomic E-state index is 12.4.